The van der Waals surface area contributed by atoms with Crippen LogP contribution in [-0.2, 0) is 24.1 Å². The minimum atomic E-state index is -0.0874. The largest absolute Gasteiger partial charge is 0.381 e. The van der Waals surface area contributed by atoms with Crippen LogP contribution in [0.4, 0.5) is 4.79 Å². The fraction of sp³-hybridized carbons (Fsp3) is 0.500. The molecule has 0 saturated carbocycles. The van der Waals surface area contributed by atoms with Crippen molar-refractivity contribution in [2.24, 2.45) is 5.92 Å². The molecule has 1 aromatic carbocycles. The maximum absolute atomic E-state index is 12.8. The second-order valence-corrected chi connectivity index (χ2v) is 8.35. The number of carbonyl (C=O) groups is 1. The fourth-order valence-electron chi connectivity index (χ4n) is 3.94. The monoisotopic (exact) mass is 414 g/mol. The molecule has 29 heavy (non-hydrogen) atoms. The molecule has 1 aromatic heterocycles. The Kier molecular flexibility index (Phi) is 6.31. The molecule has 4 rings (SSSR count). The lowest BCUT2D eigenvalue weighted by Crippen LogP contribution is -2.44. The highest BCUT2D eigenvalue weighted by Crippen LogP contribution is 2.22. The Morgan fingerprint density at radius 2 is 2.07 bits per heavy atom. The molecule has 2 aliphatic heterocycles. The van der Waals surface area contributed by atoms with Crippen molar-refractivity contribution >= 4 is 17.6 Å². The van der Waals surface area contributed by atoms with Gasteiger partial charge in [0.05, 0.1) is 18.3 Å². The van der Waals surface area contributed by atoms with Gasteiger partial charge in [-0.3, -0.25) is 0 Å². The number of nitrogens with one attached hydrogen (secondary N) is 1. The van der Waals surface area contributed by atoms with E-state index in [0.29, 0.717) is 24.0 Å². The Hall–Kier alpha value is -2.18. The van der Waals surface area contributed by atoms with Crippen molar-refractivity contribution in [1.82, 2.24) is 20.2 Å². The van der Waals surface area contributed by atoms with Gasteiger partial charge in [0.1, 0.15) is 5.82 Å². The number of rotatable bonds is 4. The molecule has 2 aliphatic rings. The molecule has 154 valence electrons. The van der Waals surface area contributed by atoms with Crippen LogP contribution in [0.3, 0.4) is 0 Å². The molecule has 7 heteroatoms. The van der Waals surface area contributed by atoms with Crippen molar-refractivity contribution in [3.63, 3.8) is 0 Å². The molecule has 2 amide bonds. The van der Waals surface area contributed by atoms with Gasteiger partial charge in [-0.2, -0.15) is 0 Å². The average molecular weight is 415 g/mol. The predicted octanol–water partition coefficient (Wildman–Crippen LogP) is 3.93. The molecular formula is C22H27ClN4O2. The summed E-state index contributed by atoms with van der Waals surface area (Å²) in [6.07, 6.45) is 5.75. The molecule has 0 spiro atoms. The molecule has 6 nitrogen and oxygen atoms in total. The summed E-state index contributed by atoms with van der Waals surface area (Å²) in [7, 11) is 0. The van der Waals surface area contributed by atoms with E-state index in [1.165, 1.54) is 0 Å². The van der Waals surface area contributed by atoms with Crippen LogP contribution in [0.1, 0.15) is 48.5 Å². The summed E-state index contributed by atoms with van der Waals surface area (Å²) in [6.45, 7) is 4.84. The summed E-state index contributed by atoms with van der Waals surface area (Å²) in [5, 5.41) is 3.77. The quantitative estimate of drug-likeness (QED) is 0.823. The molecule has 1 atom stereocenters. The van der Waals surface area contributed by atoms with E-state index in [9.17, 15) is 4.79 Å². The van der Waals surface area contributed by atoms with E-state index in [1.807, 2.05) is 42.3 Å². The standard InChI is InChI=1S/C22H27ClN4O2/c1-15(17-2-4-19(23)5-3-17)25-22(28)27-9-6-18-13-24-21(26-20(18)14-27)12-16-7-10-29-11-8-16/h2-5,13,15-16H,6-12,14H2,1H3,(H,25,28)/t15-/m1/s1. The van der Waals surface area contributed by atoms with Gasteiger partial charge in [0.25, 0.3) is 0 Å². The first-order chi connectivity index (χ1) is 14.1. The van der Waals surface area contributed by atoms with Gasteiger partial charge in [0, 0.05) is 37.4 Å². The molecule has 0 bridgehead atoms. The van der Waals surface area contributed by atoms with Crippen LogP contribution < -0.4 is 5.32 Å². The summed E-state index contributed by atoms with van der Waals surface area (Å²) < 4.78 is 5.44. The first kappa shape index (κ1) is 20.1. The minimum Gasteiger partial charge on any atom is -0.381 e. The molecule has 0 unspecified atom stereocenters. The van der Waals surface area contributed by atoms with Gasteiger partial charge in [-0.1, -0.05) is 23.7 Å². The molecule has 0 aliphatic carbocycles. The van der Waals surface area contributed by atoms with E-state index in [4.69, 9.17) is 21.3 Å². The van der Waals surface area contributed by atoms with Crippen molar-refractivity contribution in [3.05, 3.63) is 58.1 Å². The normalized spacial score (nSPS) is 18.2. The number of fused-ring (bicyclic) bond motifs is 1. The van der Waals surface area contributed by atoms with Crippen LogP contribution in [0, 0.1) is 5.92 Å². The third-order valence-corrected chi connectivity index (χ3v) is 6.06. The van der Waals surface area contributed by atoms with Crippen LogP contribution in [0.25, 0.3) is 0 Å². The Bertz CT molecular complexity index is 852. The third-order valence-electron chi connectivity index (χ3n) is 5.81. The highest BCUT2D eigenvalue weighted by Gasteiger charge is 2.24. The first-order valence-electron chi connectivity index (χ1n) is 10.3. The topological polar surface area (TPSA) is 67.4 Å². The van der Waals surface area contributed by atoms with Gasteiger partial charge in [-0.05, 0) is 55.4 Å². The van der Waals surface area contributed by atoms with Crippen molar-refractivity contribution in [2.75, 3.05) is 19.8 Å². The van der Waals surface area contributed by atoms with Gasteiger partial charge in [-0.15, -0.1) is 0 Å². The molecule has 1 N–H and O–H groups in total. The number of urea groups is 1. The van der Waals surface area contributed by atoms with Crippen LogP contribution in [0.2, 0.25) is 5.02 Å². The highest BCUT2D eigenvalue weighted by molar-refractivity contribution is 6.30. The van der Waals surface area contributed by atoms with E-state index >= 15 is 0 Å². The molecule has 0 radical (unpaired) electrons. The second kappa shape index (κ2) is 9.09. The summed E-state index contributed by atoms with van der Waals surface area (Å²) in [4.78, 5) is 24.0. The summed E-state index contributed by atoms with van der Waals surface area (Å²) >= 11 is 5.95. The number of nitrogens with zero attached hydrogens (tertiary/aromatic N) is 3. The van der Waals surface area contributed by atoms with Crippen LogP contribution in [-0.4, -0.2) is 40.7 Å². The van der Waals surface area contributed by atoms with Gasteiger partial charge < -0.3 is 15.0 Å². The van der Waals surface area contributed by atoms with Crippen LogP contribution in [0.15, 0.2) is 30.5 Å². The summed E-state index contributed by atoms with van der Waals surface area (Å²) in [6, 6.07) is 7.41. The molecule has 2 aromatic rings. The number of hydrogen-bond acceptors (Lipinski definition) is 4. The van der Waals surface area contributed by atoms with Gasteiger partial charge in [0.15, 0.2) is 0 Å². The molecule has 1 saturated heterocycles. The highest BCUT2D eigenvalue weighted by atomic mass is 35.5. The Morgan fingerprint density at radius 3 is 2.83 bits per heavy atom. The zero-order chi connectivity index (χ0) is 20.2. The van der Waals surface area contributed by atoms with Gasteiger partial charge in [0.2, 0.25) is 0 Å². The van der Waals surface area contributed by atoms with Crippen molar-refractivity contribution in [3.8, 4) is 0 Å². The Morgan fingerprint density at radius 1 is 1.31 bits per heavy atom. The smallest absolute Gasteiger partial charge is 0.318 e. The van der Waals surface area contributed by atoms with E-state index in [2.05, 4.69) is 10.3 Å². The zero-order valence-corrected chi connectivity index (χ0v) is 17.5. The lowest BCUT2D eigenvalue weighted by Gasteiger charge is -2.30. The number of amides is 2. The minimum absolute atomic E-state index is 0.0670. The number of hydrogen-bond donors (Lipinski definition) is 1. The first-order valence-corrected chi connectivity index (χ1v) is 10.7. The number of halogens is 1. The summed E-state index contributed by atoms with van der Waals surface area (Å²) in [5.41, 5.74) is 3.15. The summed E-state index contributed by atoms with van der Waals surface area (Å²) in [5.74, 6) is 1.47. The molecular weight excluding hydrogens is 388 g/mol. The number of benzene rings is 1. The van der Waals surface area contributed by atoms with Crippen molar-refractivity contribution < 1.29 is 9.53 Å². The average Bonchev–Trinajstić information content (AvgIpc) is 2.74. The fourth-order valence-corrected chi connectivity index (χ4v) is 4.06. The molecule has 1 fully saturated rings. The maximum atomic E-state index is 12.8. The maximum Gasteiger partial charge on any atom is 0.318 e. The number of aromatic nitrogens is 2. The second-order valence-electron chi connectivity index (χ2n) is 7.91. The van der Waals surface area contributed by atoms with Crippen molar-refractivity contribution in [1.29, 1.82) is 0 Å². The van der Waals surface area contributed by atoms with E-state index in [1.54, 1.807) is 0 Å². The lowest BCUT2D eigenvalue weighted by molar-refractivity contribution is 0.0659. The predicted molar refractivity (Wildman–Crippen MR) is 112 cm³/mol. The number of carbonyl (C=O) groups excluding carboxylic acids is 1. The van der Waals surface area contributed by atoms with E-state index in [0.717, 1.165) is 61.5 Å². The molecule has 3 heterocycles. The zero-order valence-electron chi connectivity index (χ0n) is 16.7. The van der Waals surface area contributed by atoms with Gasteiger partial charge in [-0.25, -0.2) is 14.8 Å². The lowest BCUT2D eigenvalue weighted by atomic mass is 9.96. The van der Waals surface area contributed by atoms with Crippen LogP contribution in [0.5, 0.6) is 0 Å². The Balaban J connectivity index is 1.38. The van der Waals surface area contributed by atoms with Gasteiger partial charge >= 0.3 is 6.03 Å². The SMILES string of the molecule is C[C@@H](NC(=O)N1CCc2cnc(CC3CCOCC3)nc2C1)c1ccc(Cl)cc1. The Labute approximate surface area is 176 Å². The van der Waals surface area contributed by atoms with Crippen molar-refractivity contribution in [2.45, 2.75) is 45.2 Å². The number of ether oxygens (including phenoxy) is 1. The third kappa shape index (κ3) is 5.06. The van der Waals surface area contributed by atoms with Crippen LogP contribution >= 0.6 is 11.6 Å². The van der Waals surface area contributed by atoms with E-state index in [-0.39, 0.29) is 12.1 Å². The van der Waals surface area contributed by atoms with E-state index < -0.39 is 0 Å².